The van der Waals surface area contributed by atoms with Crippen LogP contribution in [0.25, 0.3) is 0 Å². The van der Waals surface area contributed by atoms with E-state index in [1.807, 2.05) is 38.1 Å². The zero-order valence-corrected chi connectivity index (χ0v) is 12.6. The maximum Gasteiger partial charge on any atom is 0.122 e. The SMILES string of the molecule is COCc1cccc(C(O)c2c(Cl)cnn2C(C)C)c1. The Balaban J connectivity index is 2.38. The van der Waals surface area contributed by atoms with Gasteiger partial charge in [0.1, 0.15) is 6.10 Å². The number of aliphatic hydroxyl groups is 1. The normalized spacial score (nSPS) is 12.9. The first-order valence-corrected chi connectivity index (χ1v) is 6.91. The Morgan fingerprint density at radius 2 is 2.15 bits per heavy atom. The van der Waals surface area contributed by atoms with Gasteiger partial charge in [-0.1, -0.05) is 35.9 Å². The molecular formula is C15H19ClN2O2. The summed E-state index contributed by atoms with van der Waals surface area (Å²) in [6, 6.07) is 7.78. The van der Waals surface area contributed by atoms with Crippen molar-refractivity contribution in [1.82, 2.24) is 9.78 Å². The van der Waals surface area contributed by atoms with Crippen LogP contribution in [0.5, 0.6) is 0 Å². The van der Waals surface area contributed by atoms with E-state index < -0.39 is 6.10 Å². The van der Waals surface area contributed by atoms with Gasteiger partial charge >= 0.3 is 0 Å². The number of hydrogen-bond acceptors (Lipinski definition) is 3. The van der Waals surface area contributed by atoms with E-state index in [1.165, 1.54) is 0 Å². The summed E-state index contributed by atoms with van der Waals surface area (Å²) in [6.45, 7) is 4.51. The molecule has 1 N–H and O–H groups in total. The zero-order valence-electron chi connectivity index (χ0n) is 11.9. The molecule has 108 valence electrons. The van der Waals surface area contributed by atoms with E-state index in [1.54, 1.807) is 18.0 Å². The van der Waals surface area contributed by atoms with E-state index in [9.17, 15) is 5.11 Å². The smallest absolute Gasteiger partial charge is 0.122 e. The molecule has 0 saturated carbocycles. The molecule has 20 heavy (non-hydrogen) atoms. The van der Waals surface area contributed by atoms with Gasteiger partial charge in [0.2, 0.25) is 0 Å². The third-order valence-electron chi connectivity index (χ3n) is 3.11. The van der Waals surface area contributed by atoms with Crippen molar-refractivity contribution in [1.29, 1.82) is 0 Å². The topological polar surface area (TPSA) is 47.3 Å². The monoisotopic (exact) mass is 294 g/mol. The minimum Gasteiger partial charge on any atom is -0.382 e. The van der Waals surface area contributed by atoms with Gasteiger partial charge in [-0.2, -0.15) is 5.10 Å². The Bertz CT molecular complexity index is 581. The van der Waals surface area contributed by atoms with E-state index in [0.717, 1.165) is 11.1 Å². The number of methoxy groups -OCH3 is 1. The van der Waals surface area contributed by atoms with Gasteiger partial charge in [-0.05, 0) is 25.0 Å². The first-order chi connectivity index (χ1) is 9.54. The molecule has 1 aromatic heterocycles. The fourth-order valence-electron chi connectivity index (χ4n) is 2.20. The minimum atomic E-state index is -0.802. The molecule has 0 saturated heterocycles. The zero-order chi connectivity index (χ0) is 14.7. The van der Waals surface area contributed by atoms with Crippen LogP contribution in [0, 0.1) is 0 Å². The quantitative estimate of drug-likeness (QED) is 0.920. The van der Waals surface area contributed by atoms with Crippen LogP contribution in [0.3, 0.4) is 0 Å². The Kier molecular flexibility index (Phi) is 4.81. The maximum absolute atomic E-state index is 10.6. The van der Waals surface area contributed by atoms with Crippen LogP contribution < -0.4 is 0 Å². The van der Waals surface area contributed by atoms with Crippen LogP contribution in [0.2, 0.25) is 5.02 Å². The lowest BCUT2D eigenvalue weighted by Gasteiger charge is -2.17. The molecule has 0 bridgehead atoms. The number of benzene rings is 1. The Morgan fingerprint density at radius 3 is 2.80 bits per heavy atom. The van der Waals surface area contributed by atoms with Crippen LogP contribution in [0.15, 0.2) is 30.5 Å². The van der Waals surface area contributed by atoms with Gasteiger partial charge in [-0.15, -0.1) is 0 Å². The number of hydrogen-bond donors (Lipinski definition) is 1. The Morgan fingerprint density at radius 1 is 1.40 bits per heavy atom. The Labute approximate surface area is 123 Å². The lowest BCUT2D eigenvalue weighted by Crippen LogP contribution is -2.12. The molecule has 0 amide bonds. The molecule has 0 aliphatic heterocycles. The number of ether oxygens (including phenoxy) is 1. The minimum absolute atomic E-state index is 0.134. The fourth-order valence-corrected chi connectivity index (χ4v) is 2.43. The molecule has 1 heterocycles. The molecule has 0 aliphatic carbocycles. The molecule has 1 unspecified atom stereocenters. The van der Waals surface area contributed by atoms with Crippen molar-refractivity contribution < 1.29 is 9.84 Å². The van der Waals surface area contributed by atoms with Crippen molar-refractivity contribution in [2.75, 3.05) is 7.11 Å². The van der Waals surface area contributed by atoms with Gasteiger partial charge in [0.25, 0.3) is 0 Å². The molecule has 2 rings (SSSR count). The highest BCUT2D eigenvalue weighted by molar-refractivity contribution is 6.31. The van der Waals surface area contributed by atoms with Crippen molar-refractivity contribution >= 4 is 11.6 Å². The number of rotatable bonds is 5. The third kappa shape index (κ3) is 3.03. The van der Waals surface area contributed by atoms with Gasteiger partial charge in [0.05, 0.1) is 23.5 Å². The fraction of sp³-hybridized carbons (Fsp3) is 0.400. The number of aliphatic hydroxyl groups excluding tert-OH is 1. The summed E-state index contributed by atoms with van der Waals surface area (Å²) in [5, 5.41) is 15.3. The number of aromatic nitrogens is 2. The largest absolute Gasteiger partial charge is 0.382 e. The summed E-state index contributed by atoms with van der Waals surface area (Å²) < 4.78 is 6.86. The van der Waals surface area contributed by atoms with Gasteiger partial charge < -0.3 is 9.84 Å². The van der Waals surface area contributed by atoms with Crippen LogP contribution in [0.1, 0.15) is 42.8 Å². The van der Waals surface area contributed by atoms with Crippen LogP contribution in [-0.4, -0.2) is 22.0 Å². The van der Waals surface area contributed by atoms with Gasteiger partial charge in [0, 0.05) is 13.2 Å². The van der Waals surface area contributed by atoms with Crippen molar-refractivity contribution in [2.45, 2.75) is 32.6 Å². The first kappa shape index (κ1) is 15.0. The van der Waals surface area contributed by atoms with Crippen molar-refractivity contribution in [3.63, 3.8) is 0 Å². The van der Waals surface area contributed by atoms with E-state index >= 15 is 0 Å². The molecular weight excluding hydrogens is 276 g/mol. The molecule has 0 spiro atoms. The van der Waals surface area contributed by atoms with E-state index in [0.29, 0.717) is 17.3 Å². The molecule has 4 nitrogen and oxygen atoms in total. The molecule has 0 radical (unpaired) electrons. The average molecular weight is 295 g/mol. The lowest BCUT2D eigenvalue weighted by atomic mass is 10.0. The third-order valence-corrected chi connectivity index (χ3v) is 3.40. The van der Waals surface area contributed by atoms with Gasteiger partial charge in [-0.25, -0.2) is 0 Å². The van der Waals surface area contributed by atoms with Crippen LogP contribution in [0.4, 0.5) is 0 Å². The molecule has 1 aromatic carbocycles. The maximum atomic E-state index is 10.6. The predicted molar refractivity (Wildman–Crippen MR) is 78.8 cm³/mol. The molecule has 0 aliphatic rings. The van der Waals surface area contributed by atoms with Gasteiger partial charge in [0.15, 0.2) is 0 Å². The summed E-state index contributed by atoms with van der Waals surface area (Å²) in [6.07, 6.45) is 0.767. The first-order valence-electron chi connectivity index (χ1n) is 6.53. The van der Waals surface area contributed by atoms with Crippen molar-refractivity contribution in [3.05, 3.63) is 52.3 Å². The highest BCUT2D eigenvalue weighted by atomic mass is 35.5. The summed E-state index contributed by atoms with van der Waals surface area (Å²) in [7, 11) is 1.65. The second-order valence-electron chi connectivity index (χ2n) is 5.00. The van der Waals surface area contributed by atoms with Gasteiger partial charge in [-0.3, -0.25) is 4.68 Å². The number of halogens is 1. The van der Waals surface area contributed by atoms with Crippen molar-refractivity contribution in [3.8, 4) is 0 Å². The number of nitrogens with zero attached hydrogens (tertiary/aromatic N) is 2. The second kappa shape index (κ2) is 6.39. The van der Waals surface area contributed by atoms with Crippen LogP contribution in [-0.2, 0) is 11.3 Å². The molecule has 1 atom stereocenters. The lowest BCUT2D eigenvalue weighted by molar-refractivity contribution is 0.183. The highest BCUT2D eigenvalue weighted by Gasteiger charge is 2.21. The second-order valence-corrected chi connectivity index (χ2v) is 5.40. The molecule has 5 heteroatoms. The van der Waals surface area contributed by atoms with E-state index in [-0.39, 0.29) is 6.04 Å². The predicted octanol–water partition coefficient (Wildman–Crippen LogP) is 3.35. The van der Waals surface area contributed by atoms with Crippen molar-refractivity contribution in [2.24, 2.45) is 0 Å². The summed E-state index contributed by atoms with van der Waals surface area (Å²) in [5.74, 6) is 0. The summed E-state index contributed by atoms with van der Waals surface area (Å²) >= 11 is 6.17. The standard InChI is InChI=1S/C15H19ClN2O2/c1-10(2)18-14(13(16)8-17-18)15(19)12-6-4-5-11(7-12)9-20-3/h4-8,10,15,19H,9H2,1-3H3. The van der Waals surface area contributed by atoms with Crippen LogP contribution >= 0.6 is 11.6 Å². The highest BCUT2D eigenvalue weighted by Crippen LogP contribution is 2.30. The van der Waals surface area contributed by atoms with E-state index in [2.05, 4.69) is 5.10 Å². The summed E-state index contributed by atoms with van der Waals surface area (Å²) in [5.41, 5.74) is 2.41. The molecule has 0 fully saturated rings. The average Bonchev–Trinajstić information content (AvgIpc) is 2.81. The Hall–Kier alpha value is -1.36. The molecule has 2 aromatic rings. The summed E-state index contributed by atoms with van der Waals surface area (Å²) in [4.78, 5) is 0. The van der Waals surface area contributed by atoms with E-state index in [4.69, 9.17) is 16.3 Å².